The number of rotatable bonds is 19. The summed E-state index contributed by atoms with van der Waals surface area (Å²) in [6.07, 6.45) is 1.04. The van der Waals surface area contributed by atoms with Crippen molar-refractivity contribution in [3.8, 4) is 0 Å². The lowest BCUT2D eigenvalue weighted by atomic mass is 9.99. The average molecular weight is 1080 g/mol. The van der Waals surface area contributed by atoms with Crippen molar-refractivity contribution in [1.82, 2.24) is 42.2 Å². The molecule has 2 aromatic carbocycles. The molecule has 25 nitrogen and oxygen atoms in total. The van der Waals surface area contributed by atoms with Gasteiger partial charge in [-0.3, -0.25) is 53.1 Å². The van der Waals surface area contributed by atoms with E-state index in [-0.39, 0.29) is 82.1 Å². The lowest BCUT2D eigenvalue weighted by Gasteiger charge is -2.33. The van der Waals surface area contributed by atoms with Gasteiger partial charge in [-0.25, -0.2) is 0 Å². The lowest BCUT2D eigenvalue weighted by Crippen LogP contribution is -2.61. The number of primary amides is 2. The molecule has 20 N–H and O–H groups in total. The van der Waals surface area contributed by atoms with Gasteiger partial charge >= 0.3 is 0 Å². The van der Waals surface area contributed by atoms with Crippen molar-refractivity contribution in [1.29, 1.82) is 0 Å². The molecule has 0 radical (unpaired) electrons. The Bertz CT molecular complexity index is 2550. The van der Waals surface area contributed by atoms with Crippen molar-refractivity contribution in [2.45, 2.75) is 126 Å². The second-order valence-electron chi connectivity index (χ2n) is 18.4. The van der Waals surface area contributed by atoms with E-state index in [0.29, 0.717) is 11.1 Å². The molecule has 0 unspecified atom stereocenters. The zero-order chi connectivity index (χ0) is 55.2. The van der Waals surface area contributed by atoms with E-state index in [0.717, 1.165) is 21.7 Å². The Morgan fingerprint density at radius 3 is 1.89 bits per heavy atom. The van der Waals surface area contributed by atoms with E-state index in [1.54, 1.807) is 50.4 Å². The summed E-state index contributed by atoms with van der Waals surface area (Å²) >= 11 is 0. The van der Waals surface area contributed by atoms with Crippen LogP contribution in [0.25, 0.3) is 10.9 Å². The molecule has 0 bridgehead atoms. The zero-order valence-corrected chi connectivity index (χ0v) is 43.8. The number of carbonyl (C=O) groups excluding carboxylic acids is 9. The summed E-state index contributed by atoms with van der Waals surface area (Å²) in [7, 11) is 2.32. The van der Waals surface area contributed by atoms with Crippen LogP contribution in [0.5, 0.6) is 0 Å². The van der Waals surface area contributed by atoms with E-state index < -0.39 is 107 Å². The summed E-state index contributed by atoms with van der Waals surface area (Å²) in [5.41, 5.74) is 35.5. The van der Waals surface area contributed by atoms with Crippen molar-refractivity contribution < 1.29 is 43.2 Å². The highest BCUT2D eigenvalue weighted by molar-refractivity contribution is 8.77. The molecule has 75 heavy (non-hydrogen) atoms. The van der Waals surface area contributed by atoms with E-state index in [1.165, 1.54) is 17.7 Å². The fourth-order valence-corrected chi connectivity index (χ4v) is 10.7. The van der Waals surface area contributed by atoms with Gasteiger partial charge in [-0.2, -0.15) is 0 Å². The lowest BCUT2D eigenvalue weighted by molar-refractivity contribution is -0.136. The van der Waals surface area contributed by atoms with Gasteiger partial charge in [-0.1, -0.05) is 70.1 Å². The first-order chi connectivity index (χ1) is 35.5. The number of fused-ring (bicyclic) bond motifs is 1. The third-order valence-electron chi connectivity index (χ3n) is 11.8. The summed E-state index contributed by atoms with van der Waals surface area (Å²) < 4.78 is -1.17. The Labute approximate surface area is 442 Å². The molecule has 2 heterocycles. The fraction of sp³-hybridized carbons (Fsp3) is 0.479. The normalized spacial score (nSPS) is 21.5. The van der Waals surface area contributed by atoms with Crippen LogP contribution in [-0.2, 0) is 56.0 Å². The van der Waals surface area contributed by atoms with Crippen molar-refractivity contribution in [3.05, 3.63) is 71.9 Å². The Morgan fingerprint density at radius 1 is 0.707 bits per heavy atom. The molecule has 9 amide bonds. The third-order valence-corrected chi connectivity index (χ3v) is 15.2. The number of nitrogens with one attached hydrogen (secondary N) is 8. The number of hydrogen-bond donors (Lipinski definition) is 14. The van der Waals surface area contributed by atoms with E-state index in [9.17, 15) is 43.2 Å². The monoisotopic (exact) mass is 1080 g/mol. The second-order valence-corrected chi connectivity index (χ2v) is 21.4. The number of aromatic nitrogens is 1. The van der Waals surface area contributed by atoms with Crippen LogP contribution in [0, 0.1) is 0 Å². The van der Waals surface area contributed by atoms with Gasteiger partial charge in [0.25, 0.3) is 0 Å². The number of nitrogens with two attached hydrogens (primary N) is 6. The minimum Gasteiger partial charge on any atom is -0.370 e. The molecule has 0 spiro atoms. The molecule has 1 aliphatic heterocycles. The summed E-state index contributed by atoms with van der Waals surface area (Å²) in [4.78, 5) is 135. The number of guanidine groups is 2. The molecule has 1 aromatic heterocycles. The second kappa shape index (κ2) is 29.4. The van der Waals surface area contributed by atoms with E-state index >= 15 is 0 Å². The van der Waals surface area contributed by atoms with Crippen molar-refractivity contribution in [2.24, 2.45) is 44.4 Å². The van der Waals surface area contributed by atoms with Gasteiger partial charge in [0.1, 0.15) is 42.3 Å². The number of hydrogen-bond acceptors (Lipinski definition) is 13. The molecule has 1 aliphatic rings. The number of carbonyl (C=O) groups is 9. The minimum absolute atomic E-state index is 0.0481. The maximum atomic E-state index is 14.6. The van der Waals surface area contributed by atoms with E-state index in [4.69, 9.17) is 34.4 Å². The van der Waals surface area contributed by atoms with Gasteiger partial charge in [-0.15, -0.1) is 0 Å². The van der Waals surface area contributed by atoms with Crippen molar-refractivity contribution in [2.75, 3.05) is 18.8 Å². The Hall–Kier alpha value is -7.55. The van der Waals surface area contributed by atoms with Crippen LogP contribution < -0.4 is 71.6 Å². The Morgan fingerprint density at radius 2 is 1.27 bits per heavy atom. The van der Waals surface area contributed by atoms with Gasteiger partial charge in [0.05, 0.1) is 0 Å². The number of aromatic amines is 1. The van der Waals surface area contributed by atoms with Crippen LogP contribution in [0.4, 0.5) is 0 Å². The predicted octanol–water partition coefficient (Wildman–Crippen LogP) is -2.21. The number of amides is 9. The fourth-order valence-electron chi connectivity index (χ4n) is 8.00. The number of aliphatic imine (C=N–C) groups is 2. The van der Waals surface area contributed by atoms with Gasteiger partial charge in [0.15, 0.2) is 11.9 Å². The quantitative estimate of drug-likeness (QED) is 0.0262. The maximum Gasteiger partial charge on any atom is 0.243 e. The smallest absolute Gasteiger partial charge is 0.243 e. The molecule has 4 rings (SSSR count). The summed E-state index contributed by atoms with van der Waals surface area (Å²) in [6.45, 7) is 4.70. The molecule has 0 aliphatic carbocycles. The first-order valence-electron chi connectivity index (χ1n) is 24.2. The van der Waals surface area contributed by atoms with Gasteiger partial charge < -0.3 is 76.6 Å². The molecule has 7 atom stereocenters. The number of nitrogens with zero attached hydrogens (tertiary/aromatic N) is 2. The molecule has 27 heteroatoms. The van der Waals surface area contributed by atoms with Crippen LogP contribution in [0.1, 0.15) is 76.8 Å². The maximum absolute atomic E-state index is 14.6. The summed E-state index contributed by atoms with van der Waals surface area (Å²) in [6, 6.07) is 6.31. The summed E-state index contributed by atoms with van der Waals surface area (Å²) in [5, 5.41) is 19.6. The molecule has 0 saturated carbocycles. The van der Waals surface area contributed by atoms with Crippen LogP contribution >= 0.6 is 21.6 Å². The van der Waals surface area contributed by atoms with Crippen LogP contribution in [0.3, 0.4) is 0 Å². The molecule has 3 aromatic rings. The van der Waals surface area contributed by atoms with Crippen molar-refractivity contribution in [3.63, 3.8) is 0 Å². The Kier molecular flexibility index (Phi) is 23.5. The molecule has 408 valence electrons. The molecule has 1 fully saturated rings. The standard InChI is InChI=1S/C48H70N16O9S2/c1-26(65)58-31(15-9-20-55-46(51)52)40(68)61-34-19-22-74-75-48(2,3)38(39(50)67)64-45(73)36(24-28-25-57-30-14-8-7-13-29(28)30)63-41(69)32(16-10-21-56-47(53)54)59-44(72)35(23-27-11-5-4-6-12-27)62-42(70)33(60-43(34)71)17-18-37(49)66/h4-8,11-14,25,31-36,38,57H,9-10,15-24H2,1-3H3,(H2,49,66)(H2,50,67)(H,58,65)(H,59,72)(H,60,71)(H,61,68)(H,62,70)(H,63,69)(H,64,73)(H4,51,52,55)(H4,53,54,56)/t31-,32+,33+,34+,35-,36+,38-/m1/s1. The van der Waals surface area contributed by atoms with Gasteiger partial charge in [-0.05, 0) is 69.6 Å². The Balaban J connectivity index is 1.83. The number of H-pyrrole nitrogens is 1. The largest absolute Gasteiger partial charge is 0.370 e. The molecular weight excluding hydrogens is 1010 g/mol. The van der Waals surface area contributed by atoms with Gasteiger partial charge in [0.2, 0.25) is 53.2 Å². The molecular formula is C48H70N16O9S2. The van der Waals surface area contributed by atoms with Crippen LogP contribution in [-0.4, -0.2) is 136 Å². The average Bonchev–Trinajstić information content (AvgIpc) is 3.75. The first kappa shape index (κ1) is 60.0. The first-order valence-corrected chi connectivity index (χ1v) is 26.5. The topological polar surface area (TPSA) is 434 Å². The van der Waals surface area contributed by atoms with E-state index in [1.807, 2.05) is 24.3 Å². The molecule has 1 saturated heterocycles. The number of para-hydroxylation sites is 1. The zero-order valence-electron chi connectivity index (χ0n) is 42.1. The van der Waals surface area contributed by atoms with Crippen LogP contribution in [0.15, 0.2) is 70.8 Å². The number of benzene rings is 2. The highest BCUT2D eigenvalue weighted by Crippen LogP contribution is 2.39. The minimum atomic E-state index is -1.52. The highest BCUT2D eigenvalue weighted by atomic mass is 33.1. The van der Waals surface area contributed by atoms with Gasteiger partial charge in [0, 0.05) is 66.9 Å². The van der Waals surface area contributed by atoms with Crippen LogP contribution in [0.2, 0.25) is 0 Å². The SMILES string of the molecule is CC(=O)N[C@H](CCCN=C(N)N)C(=O)N[C@H]1CCSSC(C)(C)[C@@H](C(N)=O)NC(=O)[C@H](Cc2c[nH]c3ccccc23)NC(=O)[C@H](CCCN=C(N)N)NC(=O)[C@@H](Cc2ccccc2)NC(=O)[C@H](CCC(N)=O)NC1=O. The summed E-state index contributed by atoms with van der Waals surface area (Å²) in [5.74, 6) is -7.53. The van der Waals surface area contributed by atoms with E-state index in [2.05, 4.69) is 52.2 Å². The third kappa shape index (κ3) is 20.0. The van der Waals surface area contributed by atoms with Crippen molar-refractivity contribution >= 4 is 97.6 Å². The highest BCUT2D eigenvalue weighted by Gasteiger charge is 2.40. The predicted molar refractivity (Wildman–Crippen MR) is 288 cm³/mol.